The molecule has 106 valence electrons. The lowest BCUT2D eigenvalue weighted by molar-refractivity contribution is 0.415. The molecule has 0 unspecified atom stereocenters. The molecule has 0 atom stereocenters. The van der Waals surface area contributed by atoms with Gasteiger partial charge in [0, 0.05) is 25.8 Å². The standard InChI is InChI=1S/C14H18N4OS/c1-9-12(13(15)20)14(18(3)16-9)17(2)10-6-5-7-11(8-10)19-4/h5-8H,1-4H3,(H2,15,20). The molecule has 0 aliphatic rings. The van der Waals surface area contributed by atoms with Crippen molar-refractivity contribution in [2.75, 3.05) is 19.1 Å². The second-order valence-electron chi connectivity index (χ2n) is 4.53. The maximum absolute atomic E-state index is 5.83. The Bertz CT molecular complexity index is 651. The summed E-state index contributed by atoms with van der Waals surface area (Å²) < 4.78 is 7.04. The number of aromatic nitrogens is 2. The zero-order valence-corrected chi connectivity index (χ0v) is 12.9. The summed E-state index contributed by atoms with van der Waals surface area (Å²) >= 11 is 5.14. The Balaban J connectivity index is 2.52. The average molecular weight is 290 g/mol. The maximum atomic E-state index is 5.83. The molecule has 1 heterocycles. The van der Waals surface area contributed by atoms with Crippen LogP contribution in [0.3, 0.4) is 0 Å². The predicted octanol–water partition coefficient (Wildman–Crippen LogP) is 2.14. The smallest absolute Gasteiger partial charge is 0.141 e. The molecule has 2 N–H and O–H groups in total. The molecule has 0 bridgehead atoms. The largest absolute Gasteiger partial charge is 0.497 e. The Kier molecular flexibility index (Phi) is 3.94. The van der Waals surface area contributed by atoms with Crippen molar-refractivity contribution in [1.82, 2.24) is 9.78 Å². The molecule has 5 nitrogen and oxygen atoms in total. The number of methoxy groups -OCH3 is 1. The fourth-order valence-corrected chi connectivity index (χ4v) is 2.50. The van der Waals surface area contributed by atoms with E-state index < -0.39 is 0 Å². The molecular weight excluding hydrogens is 272 g/mol. The zero-order valence-electron chi connectivity index (χ0n) is 12.0. The van der Waals surface area contributed by atoms with Gasteiger partial charge in [0.25, 0.3) is 0 Å². The molecular formula is C14H18N4OS. The Hall–Kier alpha value is -2.08. The number of thiocarbonyl (C=S) groups is 1. The van der Waals surface area contributed by atoms with Crippen LogP contribution in [-0.4, -0.2) is 28.9 Å². The van der Waals surface area contributed by atoms with Crippen molar-refractivity contribution < 1.29 is 4.74 Å². The molecule has 20 heavy (non-hydrogen) atoms. The molecule has 6 heteroatoms. The van der Waals surface area contributed by atoms with Crippen LogP contribution in [0.4, 0.5) is 11.5 Å². The number of nitrogens with two attached hydrogens (primary N) is 1. The van der Waals surface area contributed by atoms with Crippen LogP contribution in [0, 0.1) is 6.92 Å². The number of rotatable bonds is 4. The highest BCUT2D eigenvalue weighted by Crippen LogP contribution is 2.30. The molecule has 0 aliphatic carbocycles. The molecule has 0 radical (unpaired) electrons. The summed E-state index contributed by atoms with van der Waals surface area (Å²) in [5.41, 5.74) is 8.43. The van der Waals surface area contributed by atoms with E-state index in [4.69, 9.17) is 22.7 Å². The third kappa shape index (κ3) is 2.46. The molecule has 0 saturated carbocycles. The van der Waals surface area contributed by atoms with Crippen molar-refractivity contribution in [2.45, 2.75) is 6.92 Å². The van der Waals surface area contributed by atoms with Crippen LogP contribution in [0.5, 0.6) is 5.75 Å². The van der Waals surface area contributed by atoms with Gasteiger partial charge in [-0.05, 0) is 19.1 Å². The zero-order chi connectivity index (χ0) is 14.9. The van der Waals surface area contributed by atoms with Gasteiger partial charge in [-0.2, -0.15) is 5.10 Å². The van der Waals surface area contributed by atoms with E-state index >= 15 is 0 Å². The van der Waals surface area contributed by atoms with Crippen LogP contribution in [0.15, 0.2) is 24.3 Å². The number of aryl methyl sites for hydroxylation is 2. The maximum Gasteiger partial charge on any atom is 0.141 e. The molecule has 0 spiro atoms. The second-order valence-corrected chi connectivity index (χ2v) is 4.97. The minimum atomic E-state index is 0.348. The van der Waals surface area contributed by atoms with E-state index in [2.05, 4.69) is 5.10 Å². The number of hydrogen-bond acceptors (Lipinski definition) is 4. The van der Waals surface area contributed by atoms with Gasteiger partial charge < -0.3 is 15.4 Å². The van der Waals surface area contributed by atoms with E-state index in [1.54, 1.807) is 11.8 Å². The highest BCUT2D eigenvalue weighted by molar-refractivity contribution is 7.80. The number of benzene rings is 1. The minimum Gasteiger partial charge on any atom is -0.497 e. The Morgan fingerprint density at radius 1 is 1.45 bits per heavy atom. The molecule has 0 saturated heterocycles. The van der Waals surface area contributed by atoms with Crippen molar-refractivity contribution in [3.63, 3.8) is 0 Å². The summed E-state index contributed by atoms with van der Waals surface area (Å²) in [6, 6.07) is 7.79. The SMILES string of the molecule is COc1cccc(N(C)c2c(C(N)=S)c(C)nn2C)c1. The fourth-order valence-electron chi connectivity index (χ4n) is 2.26. The first kappa shape index (κ1) is 14.3. The lowest BCUT2D eigenvalue weighted by atomic mass is 10.2. The molecule has 2 aromatic rings. The third-order valence-corrected chi connectivity index (χ3v) is 3.40. The van der Waals surface area contributed by atoms with E-state index in [1.807, 2.05) is 50.2 Å². The summed E-state index contributed by atoms with van der Waals surface area (Å²) in [7, 11) is 5.47. The first-order valence-corrected chi connectivity index (χ1v) is 6.57. The summed E-state index contributed by atoms with van der Waals surface area (Å²) in [6.45, 7) is 1.90. The van der Waals surface area contributed by atoms with Gasteiger partial charge in [-0.3, -0.25) is 4.68 Å². The lowest BCUT2D eigenvalue weighted by Crippen LogP contribution is -2.19. The summed E-state index contributed by atoms with van der Waals surface area (Å²) in [6.07, 6.45) is 0. The highest BCUT2D eigenvalue weighted by Gasteiger charge is 2.20. The Labute approximate surface area is 123 Å². The first-order chi connectivity index (χ1) is 9.45. The minimum absolute atomic E-state index is 0.348. The van der Waals surface area contributed by atoms with Gasteiger partial charge >= 0.3 is 0 Å². The van der Waals surface area contributed by atoms with Crippen molar-refractivity contribution in [3.8, 4) is 5.75 Å². The van der Waals surface area contributed by atoms with Crippen molar-refractivity contribution in [2.24, 2.45) is 12.8 Å². The number of ether oxygens (including phenoxy) is 1. The molecule has 1 aromatic carbocycles. The van der Waals surface area contributed by atoms with Crippen LogP contribution >= 0.6 is 12.2 Å². The Morgan fingerprint density at radius 2 is 2.15 bits per heavy atom. The van der Waals surface area contributed by atoms with Crippen molar-refractivity contribution in [1.29, 1.82) is 0 Å². The van der Waals surface area contributed by atoms with E-state index in [0.717, 1.165) is 28.5 Å². The number of anilines is 2. The number of nitrogens with zero attached hydrogens (tertiary/aromatic N) is 3. The first-order valence-electron chi connectivity index (χ1n) is 6.17. The fraction of sp³-hybridized carbons (Fsp3) is 0.286. The van der Waals surface area contributed by atoms with Gasteiger partial charge in [-0.25, -0.2) is 0 Å². The lowest BCUT2D eigenvalue weighted by Gasteiger charge is -2.21. The van der Waals surface area contributed by atoms with E-state index in [9.17, 15) is 0 Å². The van der Waals surface area contributed by atoms with Gasteiger partial charge in [-0.1, -0.05) is 18.3 Å². The summed E-state index contributed by atoms with van der Waals surface area (Å²) in [4.78, 5) is 2.34. The van der Waals surface area contributed by atoms with Crippen molar-refractivity contribution >= 4 is 28.7 Å². The third-order valence-electron chi connectivity index (χ3n) is 3.20. The van der Waals surface area contributed by atoms with Gasteiger partial charge in [0.2, 0.25) is 0 Å². The monoisotopic (exact) mass is 290 g/mol. The van der Waals surface area contributed by atoms with E-state index in [1.165, 1.54) is 0 Å². The van der Waals surface area contributed by atoms with Gasteiger partial charge in [0.15, 0.2) is 0 Å². The molecule has 0 fully saturated rings. The van der Waals surface area contributed by atoms with Gasteiger partial charge in [0.05, 0.1) is 18.4 Å². The van der Waals surface area contributed by atoms with Crippen LogP contribution in [0.25, 0.3) is 0 Å². The molecule has 0 amide bonds. The van der Waals surface area contributed by atoms with Crippen LogP contribution in [0.1, 0.15) is 11.3 Å². The summed E-state index contributed by atoms with van der Waals surface area (Å²) in [5, 5.41) is 4.40. The highest BCUT2D eigenvalue weighted by atomic mass is 32.1. The van der Waals surface area contributed by atoms with Crippen molar-refractivity contribution in [3.05, 3.63) is 35.5 Å². The Morgan fingerprint density at radius 3 is 2.75 bits per heavy atom. The second kappa shape index (κ2) is 5.50. The molecule has 1 aromatic heterocycles. The van der Waals surface area contributed by atoms with E-state index in [0.29, 0.717) is 4.99 Å². The van der Waals surface area contributed by atoms with E-state index in [-0.39, 0.29) is 0 Å². The molecule has 0 aliphatic heterocycles. The van der Waals surface area contributed by atoms with Crippen LogP contribution < -0.4 is 15.4 Å². The van der Waals surface area contributed by atoms with Crippen LogP contribution in [0.2, 0.25) is 0 Å². The summed E-state index contributed by atoms with van der Waals surface area (Å²) in [5.74, 6) is 1.66. The quantitative estimate of drug-likeness (QED) is 0.874. The topological polar surface area (TPSA) is 56.3 Å². The normalized spacial score (nSPS) is 10.4. The number of hydrogen-bond donors (Lipinski definition) is 1. The average Bonchev–Trinajstić information content (AvgIpc) is 2.72. The van der Waals surface area contributed by atoms with Crippen LogP contribution in [-0.2, 0) is 7.05 Å². The molecule has 2 rings (SSSR count). The van der Waals surface area contributed by atoms with Gasteiger partial charge in [-0.15, -0.1) is 0 Å². The van der Waals surface area contributed by atoms with Gasteiger partial charge in [0.1, 0.15) is 16.6 Å². The predicted molar refractivity (Wildman–Crippen MR) is 84.9 cm³/mol.